The van der Waals surface area contributed by atoms with E-state index in [1.54, 1.807) is 19.1 Å². The molecule has 2 aliphatic heterocycles. The van der Waals surface area contributed by atoms with Gasteiger partial charge >= 0.3 is 6.03 Å². The minimum Gasteiger partial charge on any atom is -0.497 e. The first kappa shape index (κ1) is 24.9. The van der Waals surface area contributed by atoms with Crippen LogP contribution in [0.3, 0.4) is 0 Å². The third-order valence-corrected chi connectivity index (χ3v) is 6.98. The first-order chi connectivity index (χ1) is 17.0. The van der Waals surface area contributed by atoms with Gasteiger partial charge in [0, 0.05) is 38.8 Å². The third kappa shape index (κ3) is 5.22. The predicted molar refractivity (Wildman–Crippen MR) is 133 cm³/mol. The molecule has 0 aliphatic carbocycles. The number of benzene rings is 2. The molecule has 0 unspecified atom stereocenters. The summed E-state index contributed by atoms with van der Waals surface area (Å²) in [4.78, 5) is 32.2. The summed E-state index contributed by atoms with van der Waals surface area (Å²) < 4.78 is 16.5. The van der Waals surface area contributed by atoms with E-state index in [-0.39, 0.29) is 11.9 Å². The summed E-state index contributed by atoms with van der Waals surface area (Å²) in [6.07, 6.45) is 1.86. The summed E-state index contributed by atoms with van der Waals surface area (Å²) in [5.41, 5.74) is 0.354. The number of likely N-dealkylation sites (tertiary alicyclic amines) is 1. The molecule has 2 aromatic carbocycles. The Kier molecular flexibility index (Phi) is 7.80. The Morgan fingerprint density at radius 3 is 2.17 bits per heavy atom. The van der Waals surface area contributed by atoms with Crippen LogP contribution < -0.4 is 14.2 Å². The molecule has 0 aromatic heterocycles. The van der Waals surface area contributed by atoms with Crippen LogP contribution >= 0.6 is 0 Å². The smallest absolute Gasteiger partial charge is 0.327 e. The van der Waals surface area contributed by atoms with Gasteiger partial charge in [0.05, 0.1) is 20.8 Å². The van der Waals surface area contributed by atoms with Gasteiger partial charge in [0.25, 0.3) is 5.91 Å². The topological polar surface area (TPSA) is 71.6 Å². The lowest BCUT2D eigenvalue weighted by Gasteiger charge is -2.42. The largest absolute Gasteiger partial charge is 0.497 e. The number of hydrogen-bond donors (Lipinski definition) is 0. The number of carbonyl (C=O) groups excluding carboxylic acids is 2. The highest BCUT2D eigenvalue weighted by Crippen LogP contribution is 2.37. The zero-order chi connectivity index (χ0) is 24.8. The Labute approximate surface area is 207 Å². The molecular weight excluding hydrogens is 446 g/mol. The number of para-hydroxylation sites is 1. The van der Waals surface area contributed by atoms with Crippen LogP contribution in [0, 0.1) is 0 Å². The number of rotatable bonds is 10. The van der Waals surface area contributed by atoms with E-state index in [0.717, 1.165) is 42.4 Å². The number of carbonyl (C=O) groups is 2. The van der Waals surface area contributed by atoms with Crippen molar-refractivity contribution in [2.24, 2.45) is 0 Å². The highest BCUT2D eigenvalue weighted by molar-refractivity contribution is 6.07. The molecule has 0 bridgehead atoms. The third-order valence-electron chi connectivity index (χ3n) is 6.98. The maximum absolute atomic E-state index is 13.5. The Morgan fingerprint density at radius 2 is 1.57 bits per heavy atom. The number of amides is 3. The van der Waals surface area contributed by atoms with E-state index in [1.807, 2.05) is 55.5 Å². The van der Waals surface area contributed by atoms with Crippen molar-refractivity contribution in [1.82, 2.24) is 14.7 Å². The molecule has 2 saturated heterocycles. The maximum atomic E-state index is 13.5. The van der Waals surface area contributed by atoms with Gasteiger partial charge in [-0.1, -0.05) is 18.2 Å². The number of piperidine rings is 1. The molecule has 2 heterocycles. The molecule has 0 radical (unpaired) electrons. The Bertz CT molecular complexity index is 998. The van der Waals surface area contributed by atoms with Crippen molar-refractivity contribution in [3.8, 4) is 17.2 Å². The van der Waals surface area contributed by atoms with E-state index >= 15 is 0 Å². The average Bonchev–Trinajstić information content (AvgIpc) is 3.08. The molecule has 4 rings (SSSR count). The molecule has 3 amide bonds. The lowest BCUT2D eigenvalue weighted by atomic mass is 9.85. The molecule has 2 aromatic rings. The van der Waals surface area contributed by atoms with Crippen LogP contribution in [-0.2, 0) is 11.3 Å². The van der Waals surface area contributed by atoms with Crippen molar-refractivity contribution in [3.05, 3.63) is 54.1 Å². The summed E-state index contributed by atoms with van der Waals surface area (Å²) in [7, 11) is 3.29. The average molecular weight is 482 g/mol. The molecule has 8 nitrogen and oxygen atoms in total. The van der Waals surface area contributed by atoms with Gasteiger partial charge < -0.3 is 19.1 Å². The molecule has 2 fully saturated rings. The lowest BCUT2D eigenvalue weighted by molar-refractivity contribution is -0.135. The second-order valence-corrected chi connectivity index (χ2v) is 9.03. The van der Waals surface area contributed by atoms with Crippen molar-refractivity contribution in [3.63, 3.8) is 0 Å². The zero-order valence-corrected chi connectivity index (χ0v) is 20.9. The summed E-state index contributed by atoms with van der Waals surface area (Å²) >= 11 is 0. The summed E-state index contributed by atoms with van der Waals surface area (Å²) in [6, 6.07) is 15.3. The number of hydrogen-bond acceptors (Lipinski definition) is 6. The molecule has 0 N–H and O–H groups in total. The second kappa shape index (κ2) is 11.0. The second-order valence-electron chi connectivity index (χ2n) is 9.03. The van der Waals surface area contributed by atoms with Crippen LogP contribution in [0.4, 0.5) is 4.79 Å². The lowest BCUT2D eigenvalue weighted by Crippen LogP contribution is -2.56. The van der Waals surface area contributed by atoms with Gasteiger partial charge in [-0.3, -0.25) is 14.6 Å². The van der Waals surface area contributed by atoms with Crippen molar-refractivity contribution in [2.75, 3.05) is 47.0 Å². The number of urea groups is 1. The minimum atomic E-state index is -0.741. The standard InChI is InChI=1S/C27H35N3O5/c1-4-30-26(32)29(13-8-16-35-22-9-6-5-7-10-22)25(31)27(30)11-14-28(15-12-27)20-21-17-23(33-2)19-24(18-21)34-3/h5-7,9-10,17-19H,4,8,11-16,20H2,1-3H3. The van der Waals surface area contributed by atoms with E-state index in [1.165, 1.54) is 4.90 Å². The number of imide groups is 1. The zero-order valence-electron chi connectivity index (χ0n) is 20.9. The summed E-state index contributed by atoms with van der Waals surface area (Å²) in [5.74, 6) is 2.24. The van der Waals surface area contributed by atoms with Crippen molar-refractivity contribution >= 4 is 11.9 Å². The van der Waals surface area contributed by atoms with Gasteiger partial charge in [0.1, 0.15) is 22.8 Å². The Balaban J connectivity index is 1.36. The normalized spacial score (nSPS) is 17.8. The van der Waals surface area contributed by atoms with Crippen LogP contribution in [0.2, 0.25) is 0 Å². The molecular formula is C27H35N3O5. The first-order valence-corrected chi connectivity index (χ1v) is 12.3. The fourth-order valence-electron chi connectivity index (χ4n) is 5.13. The number of ether oxygens (including phenoxy) is 3. The van der Waals surface area contributed by atoms with Crippen LogP contribution in [0.25, 0.3) is 0 Å². The molecule has 2 aliphatic rings. The summed E-state index contributed by atoms with van der Waals surface area (Å²) in [5, 5.41) is 0. The van der Waals surface area contributed by atoms with Gasteiger partial charge in [0.15, 0.2) is 0 Å². The van der Waals surface area contributed by atoms with Crippen LogP contribution in [0.5, 0.6) is 17.2 Å². The maximum Gasteiger partial charge on any atom is 0.327 e. The number of methoxy groups -OCH3 is 2. The van der Waals surface area contributed by atoms with E-state index in [4.69, 9.17) is 14.2 Å². The quantitative estimate of drug-likeness (QED) is 0.380. The van der Waals surface area contributed by atoms with Crippen LogP contribution in [-0.4, -0.2) is 79.2 Å². The molecule has 35 heavy (non-hydrogen) atoms. The fourth-order valence-corrected chi connectivity index (χ4v) is 5.13. The van der Waals surface area contributed by atoms with Crippen LogP contribution in [0.15, 0.2) is 48.5 Å². The predicted octanol–water partition coefficient (Wildman–Crippen LogP) is 3.79. The molecule has 188 valence electrons. The minimum absolute atomic E-state index is 0.0632. The van der Waals surface area contributed by atoms with Gasteiger partial charge in [-0.2, -0.15) is 0 Å². The summed E-state index contributed by atoms with van der Waals surface area (Å²) in [6.45, 7) is 5.50. The van der Waals surface area contributed by atoms with Gasteiger partial charge in [-0.05, 0) is 56.0 Å². The highest BCUT2D eigenvalue weighted by atomic mass is 16.5. The van der Waals surface area contributed by atoms with Crippen molar-refractivity contribution in [2.45, 2.75) is 38.3 Å². The van der Waals surface area contributed by atoms with Crippen LogP contribution in [0.1, 0.15) is 31.7 Å². The van der Waals surface area contributed by atoms with Gasteiger partial charge in [-0.25, -0.2) is 4.79 Å². The monoisotopic (exact) mass is 481 g/mol. The van der Waals surface area contributed by atoms with E-state index < -0.39 is 5.54 Å². The van der Waals surface area contributed by atoms with Crippen molar-refractivity contribution < 1.29 is 23.8 Å². The molecule has 1 spiro atoms. The van der Waals surface area contributed by atoms with E-state index in [0.29, 0.717) is 39.0 Å². The van der Waals surface area contributed by atoms with Gasteiger partial charge in [-0.15, -0.1) is 0 Å². The fraction of sp³-hybridized carbons (Fsp3) is 0.481. The van der Waals surface area contributed by atoms with Crippen molar-refractivity contribution in [1.29, 1.82) is 0 Å². The first-order valence-electron chi connectivity index (χ1n) is 12.3. The number of likely N-dealkylation sites (N-methyl/N-ethyl adjacent to an activating group) is 1. The molecule has 8 heteroatoms. The Hall–Kier alpha value is -3.26. The molecule has 0 saturated carbocycles. The van der Waals surface area contributed by atoms with E-state index in [2.05, 4.69) is 4.90 Å². The SMILES string of the molecule is CCN1C(=O)N(CCCOc2ccccc2)C(=O)C12CCN(Cc1cc(OC)cc(OC)c1)CC2. The number of nitrogens with zero attached hydrogens (tertiary/aromatic N) is 3. The Morgan fingerprint density at radius 1 is 0.914 bits per heavy atom. The van der Waals surface area contributed by atoms with Gasteiger partial charge in [0.2, 0.25) is 0 Å². The molecule has 0 atom stereocenters. The highest BCUT2D eigenvalue weighted by Gasteiger charge is 2.57. The van der Waals surface area contributed by atoms with E-state index in [9.17, 15) is 9.59 Å².